The number of rotatable bonds is 6. The van der Waals surface area contributed by atoms with Gasteiger partial charge in [-0.3, -0.25) is 4.79 Å². The average Bonchev–Trinajstić information content (AvgIpc) is 3.25. The van der Waals surface area contributed by atoms with Crippen molar-refractivity contribution >= 4 is 11.6 Å². The molecule has 31 heavy (non-hydrogen) atoms. The van der Waals surface area contributed by atoms with E-state index in [1.54, 1.807) is 18.9 Å². The first-order chi connectivity index (χ1) is 15.1. The first-order valence-electron chi connectivity index (χ1n) is 9.84. The van der Waals surface area contributed by atoms with Crippen LogP contribution in [0.15, 0.2) is 79.0 Å². The van der Waals surface area contributed by atoms with Crippen LogP contribution in [-0.2, 0) is 0 Å². The molecule has 0 aliphatic carbocycles. The van der Waals surface area contributed by atoms with Gasteiger partial charge in [0, 0.05) is 17.4 Å². The summed E-state index contributed by atoms with van der Waals surface area (Å²) in [6.07, 6.45) is 1.85. The molecular formula is C25H23N3O3. The SMILES string of the molecule is COc1ccc(-c2cn(-c3ccccc3)nc2C(=O)Nc2cccc(C)c2)cc1OC. The number of hydrogen-bond acceptors (Lipinski definition) is 4. The van der Waals surface area contributed by atoms with Crippen molar-refractivity contribution in [1.82, 2.24) is 9.78 Å². The molecule has 0 bridgehead atoms. The number of benzene rings is 3. The van der Waals surface area contributed by atoms with Gasteiger partial charge in [0.15, 0.2) is 17.2 Å². The fourth-order valence-corrected chi connectivity index (χ4v) is 3.38. The summed E-state index contributed by atoms with van der Waals surface area (Å²) in [5.41, 5.74) is 4.45. The second kappa shape index (κ2) is 8.75. The number of amides is 1. The number of carbonyl (C=O) groups is 1. The Kier molecular flexibility index (Phi) is 5.71. The predicted molar refractivity (Wildman–Crippen MR) is 121 cm³/mol. The molecule has 0 atom stereocenters. The molecule has 3 aromatic carbocycles. The second-order valence-corrected chi connectivity index (χ2v) is 7.06. The minimum atomic E-state index is -0.287. The molecule has 1 amide bonds. The van der Waals surface area contributed by atoms with E-state index in [2.05, 4.69) is 10.4 Å². The summed E-state index contributed by atoms with van der Waals surface area (Å²) < 4.78 is 12.5. The van der Waals surface area contributed by atoms with Crippen LogP contribution in [0.4, 0.5) is 5.69 Å². The van der Waals surface area contributed by atoms with Crippen LogP contribution in [0.25, 0.3) is 16.8 Å². The summed E-state index contributed by atoms with van der Waals surface area (Å²) in [5, 5.41) is 7.56. The Morgan fingerprint density at radius 2 is 1.68 bits per heavy atom. The Labute approximate surface area is 181 Å². The van der Waals surface area contributed by atoms with Crippen LogP contribution in [0, 0.1) is 6.92 Å². The highest BCUT2D eigenvalue weighted by atomic mass is 16.5. The van der Waals surface area contributed by atoms with E-state index in [1.165, 1.54) is 0 Å². The Balaban J connectivity index is 1.79. The molecular weight excluding hydrogens is 390 g/mol. The van der Waals surface area contributed by atoms with Crippen molar-refractivity contribution in [2.24, 2.45) is 0 Å². The van der Waals surface area contributed by atoms with E-state index in [0.717, 1.165) is 22.5 Å². The van der Waals surface area contributed by atoms with Crippen molar-refractivity contribution in [3.8, 4) is 28.3 Å². The second-order valence-electron chi connectivity index (χ2n) is 7.06. The van der Waals surface area contributed by atoms with Gasteiger partial charge in [-0.25, -0.2) is 4.68 Å². The first-order valence-corrected chi connectivity index (χ1v) is 9.84. The van der Waals surface area contributed by atoms with Gasteiger partial charge >= 0.3 is 0 Å². The highest BCUT2D eigenvalue weighted by molar-refractivity contribution is 6.07. The van der Waals surface area contributed by atoms with Crippen LogP contribution >= 0.6 is 0 Å². The smallest absolute Gasteiger partial charge is 0.276 e. The molecule has 0 radical (unpaired) electrons. The van der Waals surface area contributed by atoms with E-state index < -0.39 is 0 Å². The van der Waals surface area contributed by atoms with Crippen LogP contribution in [0.1, 0.15) is 16.1 Å². The lowest BCUT2D eigenvalue weighted by molar-refractivity contribution is 0.102. The zero-order valence-electron chi connectivity index (χ0n) is 17.6. The lowest BCUT2D eigenvalue weighted by Crippen LogP contribution is -2.14. The number of nitrogens with one attached hydrogen (secondary N) is 1. The topological polar surface area (TPSA) is 65.4 Å². The molecule has 4 aromatic rings. The standard InChI is InChI=1S/C25H23N3O3/c1-17-8-7-9-19(14-17)26-25(29)24-21(16-28(27-24)20-10-5-4-6-11-20)18-12-13-22(30-2)23(15-18)31-3/h4-16H,1-3H3,(H,26,29). The molecule has 4 rings (SSSR count). The van der Waals surface area contributed by atoms with Crippen molar-refractivity contribution in [3.63, 3.8) is 0 Å². The summed E-state index contributed by atoms with van der Waals surface area (Å²) in [5.74, 6) is 0.912. The number of aromatic nitrogens is 2. The minimum absolute atomic E-state index is 0.287. The van der Waals surface area contributed by atoms with E-state index in [4.69, 9.17) is 9.47 Å². The number of hydrogen-bond donors (Lipinski definition) is 1. The molecule has 0 spiro atoms. The van der Waals surface area contributed by atoms with Crippen LogP contribution in [0.3, 0.4) is 0 Å². The third kappa shape index (κ3) is 4.28. The third-order valence-electron chi connectivity index (χ3n) is 4.92. The third-order valence-corrected chi connectivity index (χ3v) is 4.92. The molecule has 1 heterocycles. The van der Waals surface area contributed by atoms with Gasteiger partial charge in [0.2, 0.25) is 0 Å². The van der Waals surface area contributed by atoms with E-state index in [0.29, 0.717) is 22.8 Å². The van der Waals surface area contributed by atoms with Crippen molar-refractivity contribution in [3.05, 3.63) is 90.3 Å². The molecule has 1 aromatic heterocycles. The van der Waals surface area contributed by atoms with Crippen LogP contribution in [0.2, 0.25) is 0 Å². The van der Waals surface area contributed by atoms with Crippen molar-refractivity contribution < 1.29 is 14.3 Å². The molecule has 0 aliphatic heterocycles. The van der Waals surface area contributed by atoms with Gasteiger partial charge in [-0.2, -0.15) is 5.10 Å². The number of anilines is 1. The molecule has 0 aliphatic rings. The van der Waals surface area contributed by atoms with Crippen LogP contribution in [-0.4, -0.2) is 29.9 Å². The first kappa shape index (κ1) is 20.2. The Morgan fingerprint density at radius 3 is 2.39 bits per heavy atom. The zero-order chi connectivity index (χ0) is 21.8. The van der Waals surface area contributed by atoms with Gasteiger partial charge < -0.3 is 14.8 Å². The maximum absolute atomic E-state index is 13.2. The highest BCUT2D eigenvalue weighted by Gasteiger charge is 2.20. The summed E-state index contributed by atoms with van der Waals surface area (Å²) in [6, 6.07) is 22.9. The number of para-hydroxylation sites is 1. The van der Waals surface area contributed by atoms with E-state index in [-0.39, 0.29) is 5.91 Å². The summed E-state index contributed by atoms with van der Waals surface area (Å²) in [7, 11) is 3.17. The lowest BCUT2D eigenvalue weighted by Gasteiger charge is -2.10. The summed E-state index contributed by atoms with van der Waals surface area (Å²) >= 11 is 0. The minimum Gasteiger partial charge on any atom is -0.493 e. The van der Waals surface area contributed by atoms with E-state index in [9.17, 15) is 4.79 Å². The average molecular weight is 413 g/mol. The van der Waals surface area contributed by atoms with Crippen molar-refractivity contribution in [2.75, 3.05) is 19.5 Å². The highest BCUT2D eigenvalue weighted by Crippen LogP contribution is 2.34. The molecule has 6 heteroatoms. The van der Waals surface area contributed by atoms with Crippen LogP contribution in [0.5, 0.6) is 11.5 Å². The van der Waals surface area contributed by atoms with Crippen LogP contribution < -0.4 is 14.8 Å². The fraction of sp³-hybridized carbons (Fsp3) is 0.120. The number of methoxy groups -OCH3 is 2. The van der Waals surface area contributed by atoms with Crippen molar-refractivity contribution in [2.45, 2.75) is 6.92 Å². The molecule has 6 nitrogen and oxygen atoms in total. The molecule has 1 N–H and O–H groups in total. The van der Waals surface area contributed by atoms with Gasteiger partial charge in [0.05, 0.1) is 19.9 Å². The number of ether oxygens (including phenoxy) is 2. The molecule has 156 valence electrons. The Bertz CT molecular complexity index is 1220. The van der Waals surface area contributed by atoms with Gasteiger partial charge in [0.25, 0.3) is 5.91 Å². The maximum Gasteiger partial charge on any atom is 0.276 e. The molecule has 0 fully saturated rings. The maximum atomic E-state index is 13.2. The predicted octanol–water partition coefficient (Wildman–Crippen LogP) is 5.12. The molecule has 0 saturated carbocycles. The normalized spacial score (nSPS) is 10.5. The number of carbonyl (C=O) groups excluding carboxylic acids is 1. The number of nitrogens with zero attached hydrogens (tertiary/aromatic N) is 2. The monoisotopic (exact) mass is 413 g/mol. The van der Waals surface area contributed by atoms with Gasteiger partial charge in [0.1, 0.15) is 0 Å². The van der Waals surface area contributed by atoms with E-state index in [1.807, 2.05) is 85.9 Å². The summed E-state index contributed by atoms with van der Waals surface area (Å²) in [4.78, 5) is 13.2. The van der Waals surface area contributed by atoms with Gasteiger partial charge in [-0.15, -0.1) is 0 Å². The van der Waals surface area contributed by atoms with Crippen molar-refractivity contribution in [1.29, 1.82) is 0 Å². The fourth-order valence-electron chi connectivity index (χ4n) is 3.38. The Morgan fingerprint density at radius 1 is 0.903 bits per heavy atom. The molecule has 0 saturated heterocycles. The van der Waals surface area contributed by atoms with E-state index >= 15 is 0 Å². The quantitative estimate of drug-likeness (QED) is 0.477. The van der Waals surface area contributed by atoms with Gasteiger partial charge in [-0.05, 0) is 54.4 Å². The summed E-state index contributed by atoms with van der Waals surface area (Å²) in [6.45, 7) is 1.98. The number of aryl methyl sites for hydroxylation is 1. The molecule has 0 unspecified atom stereocenters. The largest absolute Gasteiger partial charge is 0.493 e. The Hall–Kier alpha value is -4.06. The van der Waals surface area contributed by atoms with Gasteiger partial charge in [-0.1, -0.05) is 36.4 Å². The zero-order valence-corrected chi connectivity index (χ0v) is 17.6. The lowest BCUT2D eigenvalue weighted by atomic mass is 10.1.